The molecule has 4 heterocycles. The van der Waals surface area contributed by atoms with Gasteiger partial charge in [-0.3, -0.25) is 0 Å². The predicted molar refractivity (Wildman–Crippen MR) is 337 cm³/mol. The Morgan fingerprint density at radius 1 is 0.449 bits per heavy atom. The molecule has 0 saturated heterocycles. The molecule has 8 aromatic carbocycles. The minimum atomic E-state index is -1.89. The van der Waals surface area contributed by atoms with E-state index in [0.29, 0.717) is 0 Å². The first-order valence-electron chi connectivity index (χ1n) is 29.6. The summed E-state index contributed by atoms with van der Waals surface area (Å²) >= 11 is 0. The monoisotopic (exact) mass is 1040 g/mol. The van der Waals surface area contributed by atoms with Gasteiger partial charge in [0.05, 0.1) is 24.8 Å². The zero-order chi connectivity index (χ0) is 53.9. The van der Waals surface area contributed by atoms with Crippen LogP contribution in [0, 0.1) is 0 Å². The Morgan fingerprint density at radius 2 is 0.974 bits per heavy atom. The molecular weight excluding hydrogens is 958 g/mol. The molecule has 0 amide bonds. The number of anilines is 7. The number of fused-ring (bicyclic) bond motifs is 10. The second kappa shape index (κ2) is 17.0. The van der Waals surface area contributed by atoms with Crippen molar-refractivity contribution < 1.29 is 0 Å². The molecule has 0 N–H and O–H groups in total. The molecule has 0 spiro atoms. The van der Waals surface area contributed by atoms with E-state index in [-0.39, 0.29) is 39.5 Å². The second-order valence-electron chi connectivity index (χ2n) is 27.9. The van der Waals surface area contributed by atoms with Crippen molar-refractivity contribution in [3.63, 3.8) is 0 Å². The number of hydrogen-bond donors (Lipinski definition) is 0. The molecule has 6 aliphatic rings. The summed E-state index contributed by atoms with van der Waals surface area (Å²) < 4.78 is 0. The van der Waals surface area contributed by atoms with Crippen LogP contribution in [0.5, 0.6) is 0 Å². The molecule has 4 aliphatic heterocycles. The molecule has 8 aromatic rings. The maximum atomic E-state index is 3.00. The Balaban J connectivity index is 1.16. The smallest absolute Gasteiger partial charge is 0.252 e. The van der Waals surface area contributed by atoms with E-state index in [1.807, 2.05) is 0 Å². The molecular formula is C73H78BN3Si. The molecule has 0 aromatic heterocycles. The minimum Gasteiger partial charge on any atom is -0.335 e. The lowest BCUT2D eigenvalue weighted by molar-refractivity contribution is 0.214. The van der Waals surface area contributed by atoms with Crippen LogP contribution in [0.2, 0.25) is 19.6 Å². The third-order valence-electron chi connectivity index (χ3n) is 20.7. The van der Waals surface area contributed by atoms with E-state index < -0.39 is 8.07 Å². The molecule has 2 fully saturated rings. The molecule has 14 rings (SSSR count). The molecule has 0 bridgehead atoms. The van der Waals surface area contributed by atoms with Crippen LogP contribution in [-0.4, -0.2) is 25.9 Å². The van der Waals surface area contributed by atoms with E-state index in [1.165, 1.54) is 121 Å². The Bertz CT molecular complexity index is 3720. The quantitative estimate of drug-likeness (QED) is 0.154. The third-order valence-corrected chi connectivity index (χ3v) is 22.7. The zero-order valence-corrected chi connectivity index (χ0v) is 49.3. The molecule has 3 nitrogen and oxygen atoms in total. The summed E-state index contributed by atoms with van der Waals surface area (Å²) in [6.45, 7) is 27.4. The van der Waals surface area contributed by atoms with Gasteiger partial charge in [0.15, 0.2) is 0 Å². The topological polar surface area (TPSA) is 9.72 Å². The summed E-state index contributed by atoms with van der Waals surface area (Å²) in [6, 6.07) is 70.3. The molecule has 5 heteroatoms. The van der Waals surface area contributed by atoms with Crippen LogP contribution in [0.4, 0.5) is 39.8 Å². The summed E-state index contributed by atoms with van der Waals surface area (Å²) in [7, 11) is -1.89. The number of benzene rings is 8. The highest BCUT2D eigenvalue weighted by Gasteiger charge is 2.66. The van der Waals surface area contributed by atoms with E-state index in [1.54, 1.807) is 10.8 Å². The summed E-state index contributed by atoms with van der Waals surface area (Å²) in [5.74, 6) is 0. The van der Waals surface area contributed by atoms with Crippen LogP contribution < -0.4 is 36.3 Å². The summed E-state index contributed by atoms with van der Waals surface area (Å²) in [5, 5.41) is 1.57. The van der Waals surface area contributed by atoms with Gasteiger partial charge in [-0.1, -0.05) is 232 Å². The first-order chi connectivity index (χ1) is 37.3. The van der Waals surface area contributed by atoms with Gasteiger partial charge in [0.2, 0.25) is 0 Å². The fourth-order valence-electron chi connectivity index (χ4n) is 16.8. The molecule has 4 unspecified atom stereocenters. The van der Waals surface area contributed by atoms with Crippen molar-refractivity contribution in [2.45, 2.75) is 159 Å². The molecule has 78 heavy (non-hydrogen) atoms. The fraction of sp³-hybridized carbons (Fsp3) is 0.342. The molecule has 4 atom stereocenters. The number of rotatable bonds is 6. The molecule has 392 valence electrons. The van der Waals surface area contributed by atoms with E-state index in [0.717, 1.165) is 25.7 Å². The van der Waals surface area contributed by atoms with Crippen molar-refractivity contribution in [3.05, 3.63) is 209 Å². The highest BCUT2D eigenvalue weighted by molar-refractivity contribution is 7.01. The van der Waals surface area contributed by atoms with E-state index >= 15 is 0 Å². The predicted octanol–water partition coefficient (Wildman–Crippen LogP) is 16.6. The zero-order valence-electron chi connectivity index (χ0n) is 48.3. The average molecular weight is 1040 g/mol. The standard InChI is InChI=1S/C73H78BN3Si/c1-68(2,3)52-35-37-61(56(43-52)49-27-15-12-16-28-49)75-63-38-36-53(69(4,5)6)44-59(63)74-60-48-55(78(9,10)11)47-58-67(60)77(71(8)40-24-26-42-73(58,71)51-31-19-14-20-32-51)65-46-54(45-64(75)66(65)74)76-62-34-22-21-33-57(62)72(50-29-17-13-18-30-50)41-25-23-39-70(72,76)7/h12-22,27-38,43-48H,23-26,39-42H2,1-11H3. The van der Waals surface area contributed by atoms with Crippen molar-refractivity contribution >= 4 is 76.2 Å². The van der Waals surface area contributed by atoms with E-state index in [2.05, 4.69) is 266 Å². The highest BCUT2D eigenvalue weighted by atomic mass is 28.3. The third kappa shape index (κ3) is 6.69. The van der Waals surface area contributed by atoms with Gasteiger partial charge < -0.3 is 14.7 Å². The van der Waals surface area contributed by atoms with E-state index in [4.69, 9.17) is 0 Å². The summed E-state index contributed by atoms with van der Waals surface area (Å²) in [4.78, 5) is 8.64. The lowest BCUT2D eigenvalue weighted by Gasteiger charge is -2.55. The number of nitrogens with zero attached hydrogens (tertiary/aromatic N) is 3. The van der Waals surface area contributed by atoms with Gasteiger partial charge in [-0.25, -0.2) is 0 Å². The molecule has 0 radical (unpaired) electrons. The first-order valence-corrected chi connectivity index (χ1v) is 33.1. The largest absolute Gasteiger partial charge is 0.335 e. The fourth-order valence-corrected chi connectivity index (χ4v) is 18.0. The number of para-hydroxylation sites is 1. The maximum absolute atomic E-state index is 3.00. The lowest BCUT2D eigenvalue weighted by Crippen LogP contribution is -2.65. The van der Waals surface area contributed by atoms with Crippen LogP contribution in [0.15, 0.2) is 176 Å². The van der Waals surface area contributed by atoms with E-state index in [9.17, 15) is 0 Å². The Morgan fingerprint density at radius 3 is 1.59 bits per heavy atom. The number of hydrogen-bond acceptors (Lipinski definition) is 3. The van der Waals surface area contributed by atoms with Crippen LogP contribution in [0.1, 0.15) is 140 Å². The SMILES string of the molecule is CC(C)(C)c1ccc2c(c1)B1c3cc([Si](C)(C)C)cc4c3N(c3cc(N5c6ccccc6C6(c7ccccc7)CCCCC56C)cc(c31)N2c1ccc(C(C)(C)C)cc1-c1ccccc1)C1(C)CCCCC41c1ccccc1. The van der Waals surface area contributed by atoms with Gasteiger partial charge in [-0.05, 0) is 142 Å². The first kappa shape index (κ1) is 49.7. The van der Waals surface area contributed by atoms with Gasteiger partial charge in [0.1, 0.15) is 0 Å². The maximum Gasteiger partial charge on any atom is 0.252 e. The summed E-state index contributed by atoms with van der Waals surface area (Å²) in [5.41, 5.74) is 23.9. The second-order valence-corrected chi connectivity index (χ2v) is 33.0. The Labute approximate surface area is 467 Å². The Hall–Kier alpha value is -6.56. The van der Waals surface area contributed by atoms with Gasteiger partial charge in [-0.2, -0.15) is 0 Å². The van der Waals surface area contributed by atoms with Crippen molar-refractivity contribution in [1.29, 1.82) is 0 Å². The normalized spacial score (nSPS) is 23.8. The van der Waals surface area contributed by atoms with Crippen molar-refractivity contribution in [3.8, 4) is 11.1 Å². The van der Waals surface area contributed by atoms with Crippen LogP contribution in [0.3, 0.4) is 0 Å². The van der Waals surface area contributed by atoms with Gasteiger partial charge in [0.25, 0.3) is 6.71 Å². The van der Waals surface area contributed by atoms with Gasteiger partial charge in [0, 0.05) is 50.5 Å². The van der Waals surface area contributed by atoms with Crippen molar-refractivity contribution in [2.24, 2.45) is 0 Å². The van der Waals surface area contributed by atoms with Gasteiger partial charge in [-0.15, -0.1) is 0 Å². The Kier molecular flexibility index (Phi) is 10.8. The molecule has 2 aliphatic carbocycles. The van der Waals surface area contributed by atoms with Crippen molar-refractivity contribution in [2.75, 3.05) is 14.7 Å². The van der Waals surface area contributed by atoms with Crippen LogP contribution in [-0.2, 0) is 21.7 Å². The minimum absolute atomic E-state index is 0.0176. The van der Waals surface area contributed by atoms with Crippen LogP contribution >= 0.6 is 0 Å². The lowest BCUT2D eigenvalue weighted by atomic mass is 9.33. The average Bonchev–Trinajstić information content (AvgIpc) is 3.65. The van der Waals surface area contributed by atoms with Crippen LogP contribution in [0.25, 0.3) is 11.1 Å². The van der Waals surface area contributed by atoms with Gasteiger partial charge >= 0.3 is 0 Å². The molecule has 2 saturated carbocycles. The highest BCUT2D eigenvalue weighted by Crippen LogP contribution is 2.67. The summed E-state index contributed by atoms with van der Waals surface area (Å²) in [6.07, 6.45) is 9.31. The van der Waals surface area contributed by atoms with Crippen molar-refractivity contribution in [1.82, 2.24) is 0 Å².